The van der Waals surface area contributed by atoms with Gasteiger partial charge in [0.25, 0.3) is 0 Å². The van der Waals surface area contributed by atoms with E-state index < -0.39 is 0 Å². The zero-order chi connectivity index (χ0) is 10.6. The Morgan fingerprint density at radius 3 is 2.71 bits per heavy atom. The molecule has 0 bridgehead atoms. The van der Waals surface area contributed by atoms with E-state index in [9.17, 15) is 0 Å². The lowest BCUT2D eigenvalue weighted by atomic mass is 10.2. The van der Waals surface area contributed by atoms with Gasteiger partial charge in [-0.3, -0.25) is 0 Å². The number of hydrogen-bond donors (Lipinski definition) is 1. The van der Waals surface area contributed by atoms with Gasteiger partial charge in [-0.05, 0) is 44.9 Å². The molecule has 78 valence electrons. The summed E-state index contributed by atoms with van der Waals surface area (Å²) in [6.45, 7) is 6.34. The lowest BCUT2D eigenvalue weighted by Gasteiger charge is -2.11. The number of alkyl halides is 1. The summed E-state index contributed by atoms with van der Waals surface area (Å²) < 4.78 is 0. The summed E-state index contributed by atoms with van der Waals surface area (Å²) in [6, 6.07) is 4.64. The number of anilines is 1. The van der Waals surface area contributed by atoms with E-state index in [0.717, 1.165) is 23.3 Å². The molecule has 0 fully saturated rings. The molecule has 1 N–H and O–H groups in total. The van der Waals surface area contributed by atoms with Crippen LogP contribution in [0.4, 0.5) is 5.82 Å². The Morgan fingerprint density at radius 2 is 2.14 bits per heavy atom. The van der Waals surface area contributed by atoms with Crippen LogP contribution in [-0.4, -0.2) is 16.4 Å². The summed E-state index contributed by atoms with van der Waals surface area (Å²) >= 11 is 3.43. The Kier molecular flexibility index (Phi) is 4.39. The molecule has 0 unspecified atom stereocenters. The number of hydrogen-bond acceptors (Lipinski definition) is 2. The number of nitrogens with zero attached hydrogens (tertiary/aromatic N) is 1. The molecule has 0 spiro atoms. The highest BCUT2D eigenvalue weighted by molar-refractivity contribution is 9.09. The fourth-order valence-corrected chi connectivity index (χ4v) is 1.74. The number of aryl methyl sites for hydroxylation is 2. The summed E-state index contributed by atoms with van der Waals surface area (Å²) in [7, 11) is 0. The van der Waals surface area contributed by atoms with Crippen molar-refractivity contribution in [3.8, 4) is 0 Å². The molecule has 1 rings (SSSR count). The number of pyridine rings is 1. The molecular formula is C11H17BrN2. The van der Waals surface area contributed by atoms with Crippen LogP contribution in [0, 0.1) is 6.92 Å². The summed E-state index contributed by atoms with van der Waals surface area (Å²) in [5, 5.41) is 4.28. The molecule has 0 aliphatic rings. The normalized spacial score (nSPS) is 10.6. The summed E-state index contributed by atoms with van der Waals surface area (Å²) in [5.74, 6) is 0.982. The van der Waals surface area contributed by atoms with E-state index in [1.165, 1.54) is 5.56 Å². The van der Waals surface area contributed by atoms with E-state index in [2.05, 4.69) is 59.1 Å². The highest BCUT2D eigenvalue weighted by atomic mass is 79.9. The lowest BCUT2D eigenvalue weighted by Crippen LogP contribution is -2.12. The molecule has 0 radical (unpaired) electrons. The van der Waals surface area contributed by atoms with Crippen LogP contribution >= 0.6 is 15.9 Å². The van der Waals surface area contributed by atoms with Crippen molar-refractivity contribution < 1.29 is 0 Å². The first-order valence-corrected chi connectivity index (χ1v) is 6.04. The molecule has 0 saturated heterocycles. The largest absolute Gasteiger partial charge is 0.368 e. The van der Waals surface area contributed by atoms with E-state index in [0.29, 0.717) is 6.04 Å². The first-order chi connectivity index (χ1) is 6.61. The van der Waals surface area contributed by atoms with Gasteiger partial charge in [-0.1, -0.05) is 15.9 Å². The first-order valence-electron chi connectivity index (χ1n) is 4.92. The standard InChI is InChI=1S/C11H17BrN2/c1-8(2)13-11-7-9(3)6-10(14-11)4-5-12/h6-8H,4-5H2,1-3H3,(H,13,14). The Morgan fingerprint density at radius 1 is 1.43 bits per heavy atom. The van der Waals surface area contributed by atoms with Crippen molar-refractivity contribution in [1.82, 2.24) is 4.98 Å². The van der Waals surface area contributed by atoms with Gasteiger partial charge >= 0.3 is 0 Å². The van der Waals surface area contributed by atoms with Crippen LogP contribution in [0.15, 0.2) is 12.1 Å². The van der Waals surface area contributed by atoms with Crippen molar-refractivity contribution in [3.63, 3.8) is 0 Å². The number of halogens is 1. The zero-order valence-electron chi connectivity index (χ0n) is 8.97. The minimum Gasteiger partial charge on any atom is -0.368 e. The summed E-state index contributed by atoms with van der Waals surface area (Å²) in [6.07, 6.45) is 0.981. The molecule has 3 heteroatoms. The number of nitrogens with one attached hydrogen (secondary N) is 1. The second-order valence-corrected chi connectivity index (χ2v) is 4.55. The Hall–Kier alpha value is -0.570. The molecule has 0 aromatic carbocycles. The molecule has 1 aromatic rings. The average molecular weight is 257 g/mol. The zero-order valence-corrected chi connectivity index (χ0v) is 10.6. The predicted molar refractivity (Wildman–Crippen MR) is 65.2 cm³/mol. The maximum atomic E-state index is 4.52. The molecule has 1 heterocycles. The molecule has 2 nitrogen and oxygen atoms in total. The molecule has 14 heavy (non-hydrogen) atoms. The van der Waals surface area contributed by atoms with Crippen LogP contribution in [-0.2, 0) is 6.42 Å². The van der Waals surface area contributed by atoms with Crippen molar-refractivity contribution in [2.75, 3.05) is 10.6 Å². The van der Waals surface area contributed by atoms with E-state index in [-0.39, 0.29) is 0 Å². The SMILES string of the molecule is Cc1cc(CCBr)nc(NC(C)C)c1. The smallest absolute Gasteiger partial charge is 0.126 e. The summed E-state index contributed by atoms with van der Waals surface area (Å²) in [4.78, 5) is 4.52. The minimum atomic E-state index is 0.432. The fourth-order valence-electron chi connectivity index (χ4n) is 1.33. The van der Waals surface area contributed by atoms with Crippen molar-refractivity contribution in [1.29, 1.82) is 0 Å². The molecule has 0 atom stereocenters. The summed E-state index contributed by atoms with van der Waals surface area (Å²) in [5.41, 5.74) is 2.41. The topological polar surface area (TPSA) is 24.9 Å². The Balaban J connectivity index is 2.83. The van der Waals surface area contributed by atoms with Gasteiger partial charge in [-0.2, -0.15) is 0 Å². The van der Waals surface area contributed by atoms with Crippen molar-refractivity contribution in [2.24, 2.45) is 0 Å². The van der Waals surface area contributed by atoms with Crippen LogP contribution < -0.4 is 5.32 Å². The Labute approximate surface area is 94.3 Å². The highest BCUT2D eigenvalue weighted by Crippen LogP contribution is 2.11. The van der Waals surface area contributed by atoms with Gasteiger partial charge in [0.15, 0.2) is 0 Å². The highest BCUT2D eigenvalue weighted by Gasteiger charge is 2.01. The molecule has 0 aliphatic heterocycles. The van der Waals surface area contributed by atoms with E-state index in [1.54, 1.807) is 0 Å². The maximum Gasteiger partial charge on any atom is 0.126 e. The number of aromatic nitrogens is 1. The third kappa shape index (κ3) is 3.66. The van der Waals surface area contributed by atoms with Crippen LogP contribution in [0.2, 0.25) is 0 Å². The molecule has 0 aliphatic carbocycles. The quantitative estimate of drug-likeness (QED) is 0.838. The van der Waals surface area contributed by atoms with Gasteiger partial charge in [-0.15, -0.1) is 0 Å². The van der Waals surface area contributed by atoms with Crippen molar-refractivity contribution in [3.05, 3.63) is 23.4 Å². The first kappa shape index (κ1) is 11.5. The van der Waals surface area contributed by atoms with Crippen molar-refractivity contribution in [2.45, 2.75) is 33.2 Å². The van der Waals surface area contributed by atoms with Gasteiger partial charge in [0.05, 0.1) is 0 Å². The van der Waals surface area contributed by atoms with Crippen LogP contribution in [0.3, 0.4) is 0 Å². The van der Waals surface area contributed by atoms with Gasteiger partial charge in [0.2, 0.25) is 0 Å². The molecule has 1 aromatic heterocycles. The Bertz CT molecular complexity index is 297. The van der Waals surface area contributed by atoms with Gasteiger partial charge in [-0.25, -0.2) is 4.98 Å². The van der Waals surface area contributed by atoms with Gasteiger partial charge < -0.3 is 5.32 Å². The monoisotopic (exact) mass is 256 g/mol. The second-order valence-electron chi connectivity index (χ2n) is 3.76. The van der Waals surface area contributed by atoms with Gasteiger partial charge in [0.1, 0.15) is 5.82 Å². The van der Waals surface area contributed by atoms with Crippen molar-refractivity contribution >= 4 is 21.7 Å². The van der Waals surface area contributed by atoms with E-state index in [1.807, 2.05) is 0 Å². The van der Waals surface area contributed by atoms with Crippen LogP contribution in [0.25, 0.3) is 0 Å². The van der Waals surface area contributed by atoms with E-state index >= 15 is 0 Å². The lowest BCUT2D eigenvalue weighted by molar-refractivity contribution is 0.882. The fraction of sp³-hybridized carbons (Fsp3) is 0.545. The molecular weight excluding hydrogens is 240 g/mol. The van der Waals surface area contributed by atoms with Crippen LogP contribution in [0.5, 0.6) is 0 Å². The van der Waals surface area contributed by atoms with Crippen LogP contribution in [0.1, 0.15) is 25.1 Å². The second kappa shape index (κ2) is 5.35. The number of rotatable bonds is 4. The third-order valence-electron chi connectivity index (χ3n) is 1.81. The maximum absolute atomic E-state index is 4.52. The average Bonchev–Trinajstić information content (AvgIpc) is 2.01. The predicted octanol–water partition coefficient (Wildman–Crippen LogP) is 3.15. The minimum absolute atomic E-state index is 0.432. The third-order valence-corrected chi connectivity index (χ3v) is 2.21. The van der Waals surface area contributed by atoms with Gasteiger partial charge in [0, 0.05) is 17.1 Å². The molecule has 0 amide bonds. The molecule has 0 saturated carbocycles. The van der Waals surface area contributed by atoms with E-state index in [4.69, 9.17) is 0 Å².